The quantitative estimate of drug-likeness (QED) is 0.684. The Morgan fingerprint density at radius 2 is 2.29 bits per heavy atom. The van der Waals surface area contributed by atoms with Crippen molar-refractivity contribution < 1.29 is 9.72 Å². The van der Waals surface area contributed by atoms with Gasteiger partial charge >= 0.3 is 5.69 Å². The van der Waals surface area contributed by atoms with E-state index in [0.717, 1.165) is 0 Å². The molecular weight excluding hydrogens is 313 g/mol. The van der Waals surface area contributed by atoms with Crippen LogP contribution in [-0.2, 0) is 4.79 Å². The largest absolute Gasteiger partial charge is 0.318 e. The molecule has 0 aliphatic carbocycles. The summed E-state index contributed by atoms with van der Waals surface area (Å²) in [5.41, 5.74) is -0.463. The standard InChI is InChI=1S/C9H5BrClN3O3/c10-5-1-2-6(11)9(14(16)17)8(5)13-7(15)3-4-12/h1-2H,3H2,(H,13,15). The lowest BCUT2D eigenvalue weighted by molar-refractivity contribution is -0.383. The highest BCUT2D eigenvalue weighted by Gasteiger charge is 2.22. The lowest BCUT2D eigenvalue weighted by Crippen LogP contribution is -2.12. The van der Waals surface area contributed by atoms with Crippen LogP contribution in [0.25, 0.3) is 0 Å². The maximum Gasteiger partial charge on any atom is 0.312 e. The number of amides is 1. The third kappa shape index (κ3) is 3.15. The highest BCUT2D eigenvalue weighted by molar-refractivity contribution is 9.10. The first-order valence-corrected chi connectivity index (χ1v) is 5.43. The number of nitro benzene ring substituents is 1. The van der Waals surface area contributed by atoms with Gasteiger partial charge in [0.05, 0.1) is 11.0 Å². The molecule has 0 saturated carbocycles. The van der Waals surface area contributed by atoms with Crippen LogP contribution in [0, 0.1) is 21.4 Å². The summed E-state index contributed by atoms with van der Waals surface area (Å²) in [5.74, 6) is -0.640. The Morgan fingerprint density at radius 3 is 2.82 bits per heavy atom. The molecule has 6 nitrogen and oxygen atoms in total. The average Bonchev–Trinajstić information content (AvgIpc) is 2.23. The molecule has 1 rings (SSSR count). The van der Waals surface area contributed by atoms with Crippen molar-refractivity contribution in [2.24, 2.45) is 0 Å². The van der Waals surface area contributed by atoms with Gasteiger partial charge in [-0.15, -0.1) is 0 Å². The van der Waals surface area contributed by atoms with E-state index in [1.165, 1.54) is 12.1 Å². The summed E-state index contributed by atoms with van der Waals surface area (Å²) in [4.78, 5) is 21.3. The Morgan fingerprint density at radius 1 is 1.65 bits per heavy atom. The first kappa shape index (κ1) is 13.4. The number of nitrogens with one attached hydrogen (secondary N) is 1. The second-order valence-electron chi connectivity index (χ2n) is 2.89. The predicted molar refractivity (Wildman–Crippen MR) is 64.7 cm³/mol. The van der Waals surface area contributed by atoms with Gasteiger partial charge in [-0.05, 0) is 28.1 Å². The lowest BCUT2D eigenvalue weighted by Gasteiger charge is -2.07. The molecule has 0 radical (unpaired) electrons. The van der Waals surface area contributed by atoms with Crippen molar-refractivity contribution in [2.45, 2.75) is 6.42 Å². The van der Waals surface area contributed by atoms with Crippen molar-refractivity contribution in [3.05, 3.63) is 31.7 Å². The Balaban J connectivity index is 3.22. The Bertz CT molecular complexity index is 527. The van der Waals surface area contributed by atoms with Crippen LogP contribution in [0.5, 0.6) is 0 Å². The van der Waals surface area contributed by atoms with Crippen LogP contribution in [0.15, 0.2) is 16.6 Å². The van der Waals surface area contributed by atoms with Crippen LogP contribution >= 0.6 is 27.5 Å². The number of rotatable bonds is 3. The monoisotopic (exact) mass is 317 g/mol. The molecule has 8 heteroatoms. The fourth-order valence-electron chi connectivity index (χ4n) is 1.09. The van der Waals surface area contributed by atoms with Crippen LogP contribution in [0.4, 0.5) is 11.4 Å². The van der Waals surface area contributed by atoms with Gasteiger partial charge in [0.1, 0.15) is 17.1 Å². The van der Waals surface area contributed by atoms with E-state index in [2.05, 4.69) is 21.2 Å². The van der Waals surface area contributed by atoms with Crippen LogP contribution in [0.3, 0.4) is 0 Å². The Kier molecular flexibility index (Phi) is 4.43. The number of hydrogen-bond donors (Lipinski definition) is 1. The molecule has 0 unspecified atom stereocenters. The number of carbonyl (C=O) groups is 1. The van der Waals surface area contributed by atoms with Gasteiger partial charge in [-0.25, -0.2) is 0 Å². The Hall–Kier alpha value is -1.65. The van der Waals surface area contributed by atoms with Crippen molar-refractivity contribution >= 4 is 44.8 Å². The zero-order chi connectivity index (χ0) is 13.0. The minimum Gasteiger partial charge on any atom is -0.318 e. The number of benzene rings is 1. The number of nitrogens with zero attached hydrogens (tertiary/aromatic N) is 2. The molecule has 1 N–H and O–H groups in total. The summed E-state index contributed by atoms with van der Waals surface area (Å²) in [7, 11) is 0. The van der Waals surface area contributed by atoms with E-state index >= 15 is 0 Å². The smallest absolute Gasteiger partial charge is 0.312 e. The fraction of sp³-hybridized carbons (Fsp3) is 0.111. The maximum atomic E-state index is 11.2. The van der Waals surface area contributed by atoms with Gasteiger partial charge < -0.3 is 5.32 Å². The van der Waals surface area contributed by atoms with E-state index < -0.39 is 22.9 Å². The van der Waals surface area contributed by atoms with E-state index in [1.807, 2.05) is 0 Å². The number of nitriles is 1. The summed E-state index contributed by atoms with van der Waals surface area (Å²) in [6, 6.07) is 4.45. The molecule has 0 fully saturated rings. The van der Waals surface area contributed by atoms with Gasteiger partial charge in [-0.3, -0.25) is 14.9 Å². The van der Waals surface area contributed by atoms with Crippen LogP contribution in [-0.4, -0.2) is 10.8 Å². The molecule has 17 heavy (non-hydrogen) atoms. The molecule has 0 atom stereocenters. The van der Waals surface area contributed by atoms with Crippen molar-refractivity contribution in [3.63, 3.8) is 0 Å². The highest BCUT2D eigenvalue weighted by Crippen LogP contribution is 2.38. The van der Waals surface area contributed by atoms with Crippen LogP contribution < -0.4 is 5.32 Å². The third-order valence-electron chi connectivity index (χ3n) is 1.76. The molecule has 0 saturated heterocycles. The SMILES string of the molecule is N#CCC(=O)Nc1c(Br)ccc(Cl)c1[N+](=O)[O-]. The molecule has 0 aliphatic rings. The van der Waals surface area contributed by atoms with E-state index in [1.54, 1.807) is 6.07 Å². The average molecular weight is 319 g/mol. The van der Waals surface area contributed by atoms with Crippen LogP contribution in [0.1, 0.15) is 6.42 Å². The van der Waals surface area contributed by atoms with E-state index in [0.29, 0.717) is 4.47 Å². The number of carbonyl (C=O) groups excluding carboxylic acids is 1. The molecule has 1 amide bonds. The number of halogens is 2. The fourth-order valence-corrected chi connectivity index (χ4v) is 1.74. The van der Waals surface area contributed by atoms with Gasteiger partial charge in [0.25, 0.3) is 0 Å². The first-order chi connectivity index (χ1) is 7.97. The van der Waals surface area contributed by atoms with Gasteiger partial charge in [0, 0.05) is 4.47 Å². The molecule has 0 aromatic heterocycles. The second kappa shape index (κ2) is 5.61. The molecule has 1 aromatic carbocycles. The highest BCUT2D eigenvalue weighted by atomic mass is 79.9. The Labute approximate surface area is 109 Å². The number of hydrogen-bond acceptors (Lipinski definition) is 4. The lowest BCUT2D eigenvalue weighted by atomic mass is 10.2. The number of anilines is 1. The minimum atomic E-state index is -0.699. The van der Waals surface area contributed by atoms with E-state index in [9.17, 15) is 14.9 Å². The third-order valence-corrected chi connectivity index (χ3v) is 2.73. The van der Waals surface area contributed by atoms with E-state index in [4.69, 9.17) is 16.9 Å². The minimum absolute atomic E-state index is 0.0530. The van der Waals surface area contributed by atoms with Crippen molar-refractivity contribution in [2.75, 3.05) is 5.32 Å². The molecule has 0 aliphatic heterocycles. The first-order valence-electron chi connectivity index (χ1n) is 4.26. The topological polar surface area (TPSA) is 96.0 Å². The molecular formula is C9H5BrClN3O3. The summed E-state index contributed by atoms with van der Waals surface area (Å²) in [5, 5.41) is 21.3. The predicted octanol–water partition coefficient (Wildman–Crippen LogP) is 2.86. The second-order valence-corrected chi connectivity index (χ2v) is 4.15. The van der Waals surface area contributed by atoms with Gasteiger partial charge in [-0.2, -0.15) is 5.26 Å². The van der Waals surface area contributed by atoms with Crippen molar-refractivity contribution in [3.8, 4) is 6.07 Å². The number of nitro groups is 1. The van der Waals surface area contributed by atoms with Gasteiger partial charge in [0.2, 0.25) is 5.91 Å². The van der Waals surface area contributed by atoms with Crippen molar-refractivity contribution in [1.29, 1.82) is 5.26 Å². The molecule has 88 valence electrons. The zero-order valence-electron chi connectivity index (χ0n) is 8.24. The van der Waals surface area contributed by atoms with Crippen LogP contribution in [0.2, 0.25) is 5.02 Å². The maximum absolute atomic E-state index is 11.2. The normalized spacial score (nSPS) is 9.47. The van der Waals surface area contributed by atoms with Gasteiger partial charge in [0.15, 0.2) is 0 Å². The zero-order valence-corrected chi connectivity index (χ0v) is 10.6. The van der Waals surface area contributed by atoms with Crippen molar-refractivity contribution in [1.82, 2.24) is 0 Å². The van der Waals surface area contributed by atoms with E-state index in [-0.39, 0.29) is 10.7 Å². The van der Waals surface area contributed by atoms with Gasteiger partial charge in [-0.1, -0.05) is 11.6 Å². The molecule has 0 heterocycles. The molecule has 1 aromatic rings. The summed E-state index contributed by atoms with van der Waals surface area (Å²) < 4.78 is 0.319. The summed E-state index contributed by atoms with van der Waals surface area (Å²) >= 11 is 8.75. The molecule has 0 spiro atoms. The summed E-state index contributed by atoms with van der Waals surface area (Å²) in [6.07, 6.45) is -0.393. The molecule has 0 bridgehead atoms. The summed E-state index contributed by atoms with van der Waals surface area (Å²) in [6.45, 7) is 0.